The molecule has 0 bridgehead atoms. The molecule has 0 unspecified atom stereocenters. The molecule has 0 radical (unpaired) electrons. The van der Waals surface area contributed by atoms with E-state index in [4.69, 9.17) is 23.2 Å². The van der Waals surface area contributed by atoms with Crippen LogP contribution in [0, 0.1) is 0 Å². The first-order valence-electron chi connectivity index (χ1n) is 8.96. The number of nitrogens with zero attached hydrogens (tertiary/aromatic N) is 2. The Kier molecular flexibility index (Phi) is 4.94. The van der Waals surface area contributed by atoms with Crippen molar-refractivity contribution in [2.75, 3.05) is 18.0 Å². The molecular formula is C21H18Cl2N2O2. The van der Waals surface area contributed by atoms with Crippen LogP contribution < -0.4 is 4.90 Å². The lowest BCUT2D eigenvalue weighted by molar-refractivity contribution is -0.120. The second-order valence-corrected chi connectivity index (χ2v) is 7.52. The SMILES string of the molecule is O=C1C(c2ccc(Cl)cc2Cl)=C(N2CCCCC2)C(=O)N1c1ccccc1. The van der Waals surface area contributed by atoms with Gasteiger partial charge in [0.25, 0.3) is 11.8 Å². The van der Waals surface area contributed by atoms with E-state index in [1.807, 2.05) is 23.1 Å². The number of hydrogen-bond acceptors (Lipinski definition) is 3. The largest absolute Gasteiger partial charge is 0.366 e. The number of carbonyl (C=O) groups is 2. The molecule has 1 saturated heterocycles. The third kappa shape index (κ3) is 3.24. The van der Waals surface area contributed by atoms with Crippen molar-refractivity contribution in [3.63, 3.8) is 0 Å². The standard InChI is InChI=1S/C21H18Cl2N2O2/c22-14-9-10-16(17(23)13-14)18-19(24-11-5-2-6-12-24)21(27)25(20(18)26)15-7-3-1-4-8-15/h1,3-4,7-10,13H,2,5-6,11-12H2. The monoisotopic (exact) mass is 400 g/mol. The number of rotatable bonds is 3. The number of para-hydroxylation sites is 1. The van der Waals surface area contributed by atoms with Crippen LogP contribution in [-0.2, 0) is 9.59 Å². The second kappa shape index (κ2) is 7.37. The smallest absolute Gasteiger partial charge is 0.282 e. The molecule has 2 heterocycles. The zero-order valence-corrected chi connectivity index (χ0v) is 16.1. The van der Waals surface area contributed by atoms with E-state index in [1.165, 1.54) is 4.90 Å². The van der Waals surface area contributed by atoms with Crippen molar-refractivity contribution in [3.8, 4) is 0 Å². The Morgan fingerprint density at radius 2 is 1.52 bits per heavy atom. The fraction of sp³-hybridized carbons (Fsp3) is 0.238. The first-order valence-corrected chi connectivity index (χ1v) is 9.72. The quantitative estimate of drug-likeness (QED) is 0.697. The minimum absolute atomic E-state index is 0.297. The van der Waals surface area contributed by atoms with E-state index in [-0.39, 0.29) is 11.8 Å². The van der Waals surface area contributed by atoms with E-state index < -0.39 is 0 Å². The molecule has 0 atom stereocenters. The van der Waals surface area contributed by atoms with Crippen molar-refractivity contribution in [2.24, 2.45) is 0 Å². The number of anilines is 1. The van der Waals surface area contributed by atoms with Crippen LogP contribution in [-0.4, -0.2) is 29.8 Å². The molecule has 4 rings (SSSR count). The molecule has 2 aliphatic rings. The van der Waals surface area contributed by atoms with E-state index >= 15 is 0 Å². The molecule has 2 aromatic rings. The number of carbonyl (C=O) groups excluding carboxylic acids is 2. The van der Waals surface area contributed by atoms with Crippen LogP contribution >= 0.6 is 23.2 Å². The van der Waals surface area contributed by atoms with Gasteiger partial charge in [-0.25, -0.2) is 4.90 Å². The Bertz CT molecular complexity index is 934. The van der Waals surface area contributed by atoms with Gasteiger partial charge in [-0.3, -0.25) is 9.59 Å². The highest BCUT2D eigenvalue weighted by Crippen LogP contribution is 2.38. The van der Waals surface area contributed by atoms with Crippen molar-refractivity contribution >= 4 is 46.3 Å². The predicted octanol–water partition coefficient (Wildman–Crippen LogP) is 4.76. The van der Waals surface area contributed by atoms with Gasteiger partial charge in [0.2, 0.25) is 0 Å². The summed E-state index contributed by atoms with van der Waals surface area (Å²) in [6.45, 7) is 1.51. The third-order valence-corrected chi connectivity index (χ3v) is 5.49. The van der Waals surface area contributed by atoms with Crippen molar-refractivity contribution in [1.29, 1.82) is 0 Å². The number of imide groups is 1. The molecule has 138 valence electrons. The molecule has 2 aliphatic heterocycles. The Morgan fingerprint density at radius 3 is 2.19 bits per heavy atom. The number of hydrogen-bond donors (Lipinski definition) is 0. The molecule has 0 aliphatic carbocycles. The molecule has 27 heavy (non-hydrogen) atoms. The van der Waals surface area contributed by atoms with Crippen molar-refractivity contribution in [3.05, 3.63) is 69.8 Å². The fourth-order valence-corrected chi connectivity index (χ4v) is 4.18. The summed E-state index contributed by atoms with van der Waals surface area (Å²) in [5, 5.41) is 0.851. The van der Waals surface area contributed by atoms with Gasteiger partial charge in [-0.2, -0.15) is 0 Å². The molecule has 4 nitrogen and oxygen atoms in total. The summed E-state index contributed by atoms with van der Waals surface area (Å²) < 4.78 is 0. The minimum atomic E-state index is -0.351. The highest BCUT2D eigenvalue weighted by Gasteiger charge is 2.43. The summed E-state index contributed by atoms with van der Waals surface area (Å²) in [6.07, 6.45) is 3.13. The molecule has 2 amide bonds. The Labute approximate surface area is 168 Å². The zero-order valence-electron chi connectivity index (χ0n) is 14.6. The van der Waals surface area contributed by atoms with E-state index in [0.29, 0.717) is 32.6 Å². The number of likely N-dealkylation sites (tertiary alicyclic amines) is 1. The molecular weight excluding hydrogens is 383 g/mol. The zero-order chi connectivity index (χ0) is 19.0. The molecule has 6 heteroatoms. The topological polar surface area (TPSA) is 40.6 Å². The van der Waals surface area contributed by atoms with E-state index in [1.54, 1.807) is 30.3 Å². The van der Waals surface area contributed by atoms with Crippen molar-refractivity contribution in [2.45, 2.75) is 19.3 Å². The highest BCUT2D eigenvalue weighted by molar-refractivity contribution is 6.47. The average molecular weight is 401 g/mol. The summed E-state index contributed by atoms with van der Waals surface area (Å²) in [4.78, 5) is 29.9. The number of piperidine rings is 1. The van der Waals surface area contributed by atoms with E-state index in [0.717, 1.165) is 32.4 Å². The number of amides is 2. The Morgan fingerprint density at radius 1 is 0.815 bits per heavy atom. The molecule has 1 fully saturated rings. The van der Waals surface area contributed by atoms with Crippen LogP contribution in [0.2, 0.25) is 10.0 Å². The number of benzene rings is 2. The summed E-state index contributed by atoms with van der Waals surface area (Å²) >= 11 is 12.4. The van der Waals surface area contributed by atoms with Gasteiger partial charge in [-0.05, 0) is 43.5 Å². The normalized spacial score (nSPS) is 17.9. The number of halogens is 2. The summed E-state index contributed by atoms with van der Waals surface area (Å²) in [6, 6.07) is 14.0. The molecule has 0 saturated carbocycles. The molecule has 0 N–H and O–H groups in total. The third-order valence-electron chi connectivity index (χ3n) is 4.95. The molecule has 0 spiro atoms. The van der Waals surface area contributed by atoms with Crippen LogP contribution in [0.1, 0.15) is 24.8 Å². The van der Waals surface area contributed by atoms with Crippen LogP contribution in [0.4, 0.5) is 5.69 Å². The van der Waals surface area contributed by atoms with Gasteiger partial charge in [0.05, 0.1) is 16.3 Å². The van der Waals surface area contributed by atoms with Crippen molar-refractivity contribution in [1.82, 2.24) is 4.90 Å². The van der Waals surface area contributed by atoms with Crippen LogP contribution in [0.5, 0.6) is 0 Å². The van der Waals surface area contributed by atoms with Crippen LogP contribution in [0.25, 0.3) is 5.57 Å². The second-order valence-electron chi connectivity index (χ2n) is 6.68. The van der Waals surface area contributed by atoms with Gasteiger partial charge in [0.15, 0.2) is 0 Å². The average Bonchev–Trinajstić information content (AvgIpc) is 2.93. The minimum Gasteiger partial charge on any atom is -0.366 e. The van der Waals surface area contributed by atoms with Gasteiger partial charge in [-0.1, -0.05) is 47.5 Å². The summed E-state index contributed by atoms with van der Waals surface area (Å²) in [5.74, 6) is -0.648. The van der Waals surface area contributed by atoms with Gasteiger partial charge < -0.3 is 4.90 Å². The van der Waals surface area contributed by atoms with Gasteiger partial charge >= 0.3 is 0 Å². The maximum absolute atomic E-state index is 13.3. The van der Waals surface area contributed by atoms with E-state index in [2.05, 4.69) is 0 Å². The summed E-state index contributed by atoms with van der Waals surface area (Å²) in [7, 11) is 0. The lowest BCUT2D eigenvalue weighted by Gasteiger charge is -2.29. The lowest BCUT2D eigenvalue weighted by atomic mass is 10.0. The first-order chi connectivity index (χ1) is 13.1. The predicted molar refractivity (Wildman–Crippen MR) is 108 cm³/mol. The van der Waals surface area contributed by atoms with E-state index in [9.17, 15) is 9.59 Å². The van der Waals surface area contributed by atoms with Gasteiger partial charge in [0.1, 0.15) is 5.70 Å². The Hall–Kier alpha value is -2.30. The molecule has 2 aromatic carbocycles. The van der Waals surface area contributed by atoms with Gasteiger partial charge in [0, 0.05) is 23.7 Å². The van der Waals surface area contributed by atoms with Crippen LogP contribution in [0.15, 0.2) is 54.2 Å². The fourth-order valence-electron chi connectivity index (χ4n) is 3.68. The van der Waals surface area contributed by atoms with Gasteiger partial charge in [-0.15, -0.1) is 0 Å². The van der Waals surface area contributed by atoms with Crippen molar-refractivity contribution < 1.29 is 9.59 Å². The highest BCUT2D eigenvalue weighted by atomic mass is 35.5. The summed E-state index contributed by atoms with van der Waals surface area (Å²) in [5.41, 5.74) is 1.89. The maximum atomic E-state index is 13.3. The maximum Gasteiger partial charge on any atom is 0.282 e. The first kappa shape index (κ1) is 18.1. The molecule has 0 aromatic heterocycles. The van der Waals surface area contributed by atoms with Crippen LogP contribution in [0.3, 0.4) is 0 Å². The Balaban J connectivity index is 1.87. The lowest BCUT2D eigenvalue weighted by Crippen LogP contribution is -2.37.